The summed E-state index contributed by atoms with van der Waals surface area (Å²) in [6.45, 7) is 4.63. The summed E-state index contributed by atoms with van der Waals surface area (Å²) in [5.41, 5.74) is 1.19. The quantitative estimate of drug-likeness (QED) is 0.903. The molecule has 0 spiro atoms. The Bertz CT molecular complexity index is 396. The normalized spacial score (nSPS) is 23.8. The van der Waals surface area contributed by atoms with Gasteiger partial charge in [0.05, 0.1) is 5.69 Å². The van der Waals surface area contributed by atoms with Crippen molar-refractivity contribution in [2.45, 2.75) is 38.3 Å². The zero-order chi connectivity index (χ0) is 13.1. The van der Waals surface area contributed by atoms with E-state index < -0.39 is 0 Å². The lowest BCUT2D eigenvalue weighted by Gasteiger charge is -2.30. The molecule has 1 saturated carbocycles. The molecule has 4 heteroatoms. The smallest absolute Gasteiger partial charge is 0.0544 e. The monoisotopic (exact) mass is 323 g/mol. The van der Waals surface area contributed by atoms with Crippen LogP contribution in [0.25, 0.3) is 0 Å². The molecule has 0 aromatic carbocycles. The molecule has 2 fully saturated rings. The van der Waals surface area contributed by atoms with E-state index in [-0.39, 0.29) is 0 Å². The Morgan fingerprint density at radius 2 is 2.21 bits per heavy atom. The van der Waals surface area contributed by atoms with Gasteiger partial charge in [-0.25, -0.2) is 0 Å². The zero-order valence-corrected chi connectivity index (χ0v) is 12.9. The Balaban J connectivity index is 1.59. The molecule has 1 aliphatic carbocycles. The second-order valence-electron chi connectivity index (χ2n) is 5.84. The summed E-state index contributed by atoms with van der Waals surface area (Å²) in [4.78, 5) is 7.16. The van der Waals surface area contributed by atoms with Gasteiger partial charge in [-0.1, -0.05) is 0 Å². The van der Waals surface area contributed by atoms with Gasteiger partial charge >= 0.3 is 0 Å². The van der Waals surface area contributed by atoms with Crippen LogP contribution in [0.4, 0.5) is 0 Å². The minimum Gasteiger partial charge on any atom is -0.316 e. The molecule has 0 radical (unpaired) electrons. The van der Waals surface area contributed by atoms with Crippen molar-refractivity contribution in [2.75, 3.05) is 19.6 Å². The van der Waals surface area contributed by atoms with Gasteiger partial charge in [-0.3, -0.25) is 9.88 Å². The fourth-order valence-corrected chi connectivity index (χ4v) is 3.14. The number of pyridine rings is 1. The zero-order valence-electron chi connectivity index (χ0n) is 11.3. The van der Waals surface area contributed by atoms with Crippen LogP contribution in [-0.2, 0) is 6.54 Å². The van der Waals surface area contributed by atoms with Gasteiger partial charge in [0, 0.05) is 29.8 Å². The van der Waals surface area contributed by atoms with Gasteiger partial charge in [0.25, 0.3) is 0 Å². The molecule has 1 N–H and O–H groups in total. The molecule has 104 valence electrons. The van der Waals surface area contributed by atoms with E-state index in [9.17, 15) is 0 Å². The fourth-order valence-electron chi connectivity index (χ4n) is 2.90. The Hall–Kier alpha value is -0.450. The largest absolute Gasteiger partial charge is 0.316 e. The number of rotatable bonds is 5. The fraction of sp³-hybridized carbons (Fsp3) is 0.667. The summed E-state index contributed by atoms with van der Waals surface area (Å²) in [7, 11) is 0. The predicted octanol–water partition coefficient (Wildman–Crippen LogP) is 2.81. The number of hydrogen-bond acceptors (Lipinski definition) is 3. The van der Waals surface area contributed by atoms with E-state index >= 15 is 0 Å². The highest BCUT2D eigenvalue weighted by molar-refractivity contribution is 9.10. The number of nitrogens with zero attached hydrogens (tertiary/aromatic N) is 2. The highest BCUT2D eigenvalue weighted by Crippen LogP contribution is 2.29. The topological polar surface area (TPSA) is 28.2 Å². The van der Waals surface area contributed by atoms with Gasteiger partial charge in [0.15, 0.2) is 0 Å². The molecule has 0 bridgehead atoms. The van der Waals surface area contributed by atoms with Crippen molar-refractivity contribution in [1.82, 2.24) is 15.2 Å². The Morgan fingerprint density at radius 3 is 2.84 bits per heavy atom. The average molecular weight is 324 g/mol. The van der Waals surface area contributed by atoms with E-state index in [2.05, 4.69) is 43.3 Å². The molecule has 3 rings (SSSR count). The molecule has 0 amide bonds. The third-order valence-electron chi connectivity index (χ3n) is 4.11. The van der Waals surface area contributed by atoms with Crippen LogP contribution in [0.2, 0.25) is 0 Å². The number of aromatic nitrogens is 1. The van der Waals surface area contributed by atoms with Crippen LogP contribution in [0.1, 0.15) is 31.4 Å². The first kappa shape index (κ1) is 13.5. The van der Waals surface area contributed by atoms with E-state index in [1.165, 1.54) is 51.0 Å². The molecular formula is C15H22BrN3. The first-order valence-electron chi connectivity index (χ1n) is 7.36. The van der Waals surface area contributed by atoms with Gasteiger partial charge < -0.3 is 5.32 Å². The summed E-state index contributed by atoms with van der Waals surface area (Å²) in [6.07, 6.45) is 7.36. The van der Waals surface area contributed by atoms with Gasteiger partial charge in [-0.2, -0.15) is 0 Å². The molecule has 2 heterocycles. The molecule has 1 aromatic heterocycles. The average Bonchev–Trinajstić information content (AvgIpc) is 3.26. The van der Waals surface area contributed by atoms with E-state index in [0.717, 1.165) is 23.0 Å². The van der Waals surface area contributed by atoms with Crippen molar-refractivity contribution in [3.8, 4) is 0 Å². The highest BCUT2D eigenvalue weighted by Gasteiger charge is 2.31. The molecule has 1 unspecified atom stereocenters. The first-order chi connectivity index (χ1) is 9.31. The maximum absolute atomic E-state index is 4.52. The number of hydrogen-bond donors (Lipinski definition) is 1. The summed E-state index contributed by atoms with van der Waals surface area (Å²) < 4.78 is 1.06. The van der Waals surface area contributed by atoms with E-state index in [1.54, 1.807) is 0 Å². The number of piperidine rings is 1. The van der Waals surface area contributed by atoms with Crippen LogP contribution in [0.3, 0.4) is 0 Å². The Morgan fingerprint density at radius 1 is 1.32 bits per heavy atom. The van der Waals surface area contributed by atoms with Crippen LogP contribution >= 0.6 is 15.9 Å². The maximum atomic E-state index is 4.52. The van der Waals surface area contributed by atoms with Gasteiger partial charge in [0.2, 0.25) is 0 Å². The molecule has 3 nitrogen and oxygen atoms in total. The lowest BCUT2D eigenvalue weighted by atomic mass is 9.99. The highest BCUT2D eigenvalue weighted by atomic mass is 79.9. The minimum absolute atomic E-state index is 0.812. The number of halogens is 1. The van der Waals surface area contributed by atoms with Gasteiger partial charge in [-0.15, -0.1) is 0 Å². The van der Waals surface area contributed by atoms with E-state index in [4.69, 9.17) is 0 Å². The summed E-state index contributed by atoms with van der Waals surface area (Å²) in [5, 5.41) is 3.52. The van der Waals surface area contributed by atoms with Crippen LogP contribution in [0, 0.1) is 5.92 Å². The second-order valence-corrected chi connectivity index (χ2v) is 6.76. The molecule has 1 aromatic rings. The molecule has 19 heavy (non-hydrogen) atoms. The lowest BCUT2D eigenvalue weighted by Crippen LogP contribution is -2.39. The van der Waals surface area contributed by atoms with Crippen molar-refractivity contribution in [1.29, 1.82) is 0 Å². The van der Waals surface area contributed by atoms with Crippen molar-refractivity contribution >= 4 is 15.9 Å². The van der Waals surface area contributed by atoms with Crippen LogP contribution in [-0.4, -0.2) is 35.6 Å². The molecular weight excluding hydrogens is 302 g/mol. The number of nitrogens with one attached hydrogen (secondary N) is 1. The van der Waals surface area contributed by atoms with Gasteiger partial charge in [0.1, 0.15) is 0 Å². The Kier molecular flexibility index (Phi) is 4.51. The molecule has 1 atom stereocenters. The third kappa shape index (κ3) is 4.01. The maximum Gasteiger partial charge on any atom is 0.0544 e. The molecule has 1 aliphatic heterocycles. The van der Waals surface area contributed by atoms with Crippen LogP contribution < -0.4 is 5.32 Å². The summed E-state index contributed by atoms with van der Waals surface area (Å²) in [6, 6.07) is 5.04. The minimum atomic E-state index is 0.812. The van der Waals surface area contributed by atoms with Crippen molar-refractivity contribution < 1.29 is 0 Å². The molecule has 2 aliphatic rings. The first-order valence-corrected chi connectivity index (χ1v) is 8.16. The van der Waals surface area contributed by atoms with Crippen molar-refractivity contribution in [3.05, 3.63) is 28.5 Å². The third-order valence-corrected chi connectivity index (χ3v) is 4.58. The van der Waals surface area contributed by atoms with Gasteiger partial charge in [-0.05, 0) is 72.8 Å². The van der Waals surface area contributed by atoms with Crippen molar-refractivity contribution in [3.63, 3.8) is 0 Å². The molecule has 1 saturated heterocycles. The summed E-state index contributed by atoms with van der Waals surface area (Å²) in [5.74, 6) is 0.824. The second kappa shape index (κ2) is 6.33. The van der Waals surface area contributed by atoms with E-state index in [0.29, 0.717) is 0 Å². The predicted molar refractivity (Wildman–Crippen MR) is 81.0 cm³/mol. The lowest BCUT2D eigenvalue weighted by molar-refractivity contribution is 0.191. The van der Waals surface area contributed by atoms with Crippen LogP contribution in [0.5, 0.6) is 0 Å². The van der Waals surface area contributed by atoms with Crippen LogP contribution in [0.15, 0.2) is 22.8 Å². The summed E-state index contributed by atoms with van der Waals surface area (Å²) >= 11 is 3.45. The van der Waals surface area contributed by atoms with Crippen molar-refractivity contribution in [2.24, 2.45) is 5.92 Å². The standard InChI is InChI=1S/C15H22BrN3/c16-13-3-4-14(18-9-13)11-19(15-5-6-15)10-12-2-1-7-17-8-12/h3-4,9,12,15,17H,1-2,5-8,10-11H2. The van der Waals surface area contributed by atoms with E-state index in [1.807, 2.05) is 6.20 Å². The SMILES string of the molecule is Brc1ccc(CN(CC2CCCNC2)C2CC2)nc1. The Labute approximate surface area is 123 Å².